The molecule has 0 saturated heterocycles. The minimum atomic E-state index is 0.337. The normalized spacial score (nSPS) is 11.8. The fourth-order valence-electron chi connectivity index (χ4n) is 2.14. The highest BCUT2D eigenvalue weighted by Crippen LogP contribution is 2.25. The van der Waals surface area contributed by atoms with Crippen LogP contribution in [0.1, 0.15) is 64.0 Å². The van der Waals surface area contributed by atoms with Gasteiger partial charge in [0, 0.05) is 12.2 Å². The molecule has 0 radical (unpaired) electrons. The van der Waals surface area contributed by atoms with Gasteiger partial charge in [0.05, 0.1) is 13.2 Å². The number of hydrogen-bond acceptors (Lipinski definition) is 2. The van der Waals surface area contributed by atoms with E-state index in [2.05, 4.69) is 58.0 Å². The third kappa shape index (κ3) is 6.81. The lowest BCUT2D eigenvalue weighted by atomic mass is 10.00. The second-order valence-electron chi connectivity index (χ2n) is 5.97. The minimum Gasteiger partial charge on any atom is -0.496 e. The maximum absolute atomic E-state index is 5.54. The van der Waals surface area contributed by atoms with Crippen LogP contribution in [-0.4, -0.2) is 19.8 Å². The van der Waals surface area contributed by atoms with Crippen LogP contribution in [-0.2, 0) is 4.74 Å². The molecule has 0 amide bonds. The van der Waals surface area contributed by atoms with E-state index in [-0.39, 0.29) is 0 Å². The predicted octanol–water partition coefficient (Wildman–Crippen LogP) is 5.43. The molecule has 1 aromatic rings. The molecule has 21 heavy (non-hydrogen) atoms. The van der Waals surface area contributed by atoms with Gasteiger partial charge in [0.25, 0.3) is 0 Å². The SMILES string of the molecule is COc1ccc(C(C)C)cc1C=CCCCCOC(C)C. The molecule has 1 aromatic carbocycles. The van der Waals surface area contributed by atoms with E-state index in [1.54, 1.807) is 7.11 Å². The summed E-state index contributed by atoms with van der Waals surface area (Å²) in [5, 5.41) is 0. The highest BCUT2D eigenvalue weighted by molar-refractivity contribution is 5.58. The lowest BCUT2D eigenvalue weighted by Crippen LogP contribution is -2.03. The Hall–Kier alpha value is -1.28. The molecule has 2 heteroatoms. The molecular weight excluding hydrogens is 260 g/mol. The van der Waals surface area contributed by atoms with E-state index in [0.29, 0.717) is 12.0 Å². The van der Waals surface area contributed by atoms with Crippen molar-refractivity contribution in [2.24, 2.45) is 0 Å². The Balaban J connectivity index is 2.49. The van der Waals surface area contributed by atoms with Crippen molar-refractivity contribution in [1.29, 1.82) is 0 Å². The van der Waals surface area contributed by atoms with E-state index in [1.807, 2.05) is 0 Å². The largest absolute Gasteiger partial charge is 0.496 e. The number of rotatable bonds is 9. The van der Waals surface area contributed by atoms with E-state index in [0.717, 1.165) is 31.6 Å². The smallest absolute Gasteiger partial charge is 0.126 e. The number of hydrogen-bond donors (Lipinski definition) is 0. The first-order valence-electron chi connectivity index (χ1n) is 8.00. The van der Waals surface area contributed by atoms with Crippen molar-refractivity contribution in [2.45, 2.75) is 59.0 Å². The van der Waals surface area contributed by atoms with Gasteiger partial charge in [-0.3, -0.25) is 0 Å². The van der Waals surface area contributed by atoms with Crippen LogP contribution in [0.15, 0.2) is 24.3 Å². The van der Waals surface area contributed by atoms with Gasteiger partial charge in [0.15, 0.2) is 0 Å². The van der Waals surface area contributed by atoms with Gasteiger partial charge in [-0.25, -0.2) is 0 Å². The zero-order valence-electron chi connectivity index (χ0n) is 14.2. The predicted molar refractivity (Wildman–Crippen MR) is 91.1 cm³/mol. The summed E-state index contributed by atoms with van der Waals surface area (Å²) in [4.78, 5) is 0. The fourth-order valence-corrected chi connectivity index (χ4v) is 2.14. The molecule has 0 fully saturated rings. The average Bonchev–Trinajstić information content (AvgIpc) is 2.45. The third-order valence-electron chi connectivity index (χ3n) is 3.43. The summed E-state index contributed by atoms with van der Waals surface area (Å²) in [7, 11) is 1.73. The first kappa shape index (κ1) is 17.8. The van der Waals surface area contributed by atoms with Crippen molar-refractivity contribution in [1.82, 2.24) is 0 Å². The zero-order chi connectivity index (χ0) is 15.7. The molecule has 0 N–H and O–H groups in total. The molecule has 0 aromatic heterocycles. The van der Waals surface area contributed by atoms with Crippen LogP contribution in [0.2, 0.25) is 0 Å². The Morgan fingerprint density at radius 2 is 1.86 bits per heavy atom. The van der Waals surface area contributed by atoms with E-state index in [9.17, 15) is 0 Å². The van der Waals surface area contributed by atoms with E-state index < -0.39 is 0 Å². The molecule has 1 rings (SSSR count). The zero-order valence-corrected chi connectivity index (χ0v) is 14.2. The molecule has 0 saturated carbocycles. The van der Waals surface area contributed by atoms with Crippen LogP contribution in [0.25, 0.3) is 6.08 Å². The quantitative estimate of drug-likeness (QED) is 0.565. The Kier molecular flexibility index (Phi) is 8.14. The lowest BCUT2D eigenvalue weighted by molar-refractivity contribution is 0.0762. The number of methoxy groups -OCH3 is 1. The number of ether oxygens (including phenoxy) is 2. The van der Waals surface area contributed by atoms with Gasteiger partial charge in [-0.15, -0.1) is 0 Å². The molecule has 2 nitrogen and oxygen atoms in total. The van der Waals surface area contributed by atoms with E-state index >= 15 is 0 Å². The summed E-state index contributed by atoms with van der Waals surface area (Å²) in [6, 6.07) is 6.43. The van der Waals surface area contributed by atoms with Gasteiger partial charge in [-0.2, -0.15) is 0 Å². The monoisotopic (exact) mass is 290 g/mol. The Bertz CT molecular complexity index is 433. The third-order valence-corrected chi connectivity index (χ3v) is 3.43. The Morgan fingerprint density at radius 1 is 1.10 bits per heavy atom. The summed E-state index contributed by atoms with van der Waals surface area (Å²) >= 11 is 0. The van der Waals surface area contributed by atoms with Gasteiger partial charge in [-0.1, -0.05) is 32.1 Å². The Morgan fingerprint density at radius 3 is 2.48 bits per heavy atom. The van der Waals surface area contributed by atoms with Gasteiger partial charge in [-0.05, 0) is 56.7 Å². The molecule has 0 spiro atoms. The number of allylic oxidation sites excluding steroid dienone is 1. The first-order chi connectivity index (χ1) is 10.0. The van der Waals surface area contributed by atoms with Crippen LogP contribution in [0.3, 0.4) is 0 Å². The number of unbranched alkanes of at least 4 members (excludes halogenated alkanes) is 2. The summed E-state index contributed by atoms with van der Waals surface area (Å²) in [5.74, 6) is 1.48. The molecular formula is C19H30O2. The van der Waals surface area contributed by atoms with Crippen molar-refractivity contribution in [3.63, 3.8) is 0 Å². The number of benzene rings is 1. The standard InChI is InChI=1S/C19H30O2/c1-15(2)17-11-12-19(20-5)18(14-17)10-8-6-7-9-13-21-16(3)4/h8,10-12,14-16H,6-7,9,13H2,1-5H3. The molecule has 0 unspecified atom stereocenters. The average molecular weight is 290 g/mol. The summed E-state index contributed by atoms with van der Waals surface area (Å²) in [6.07, 6.45) is 8.10. The van der Waals surface area contributed by atoms with Crippen molar-refractivity contribution >= 4 is 6.08 Å². The molecule has 0 aliphatic heterocycles. The molecule has 0 atom stereocenters. The van der Waals surface area contributed by atoms with Crippen LogP contribution in [0, 0.1) is 0 Å². The maximum atomic E-state index is 5.54. The molecule has 0 heterocycles. The molecule has 0 aliphatic carbocycles. The van der Waals surface area contributed by atoms with Crippen molar-refractivity contribution in [3.8, 4) is 5.75 Å². The minimum absolute atomic E-state index is 0.337. The molecule has 118 valence electrons. The highest BCUT2D eigenvalue weighted by atomic mass is 16.5. The lowest BCUT2D eigenvalue weighted by Gasteiger charge is -2.10. The van der Waals surface area contributed by atoms with Crippen LogP contribution >= 0.6 is 0 Å². The van der Waals surface area contributed by atoms with Crippen molar-refractivity contribution in [2.75, 3.05) is 13.7 Å². The van der Waals surface area contributed by atoms with E-state index in [4.69, 9.17) is 9.47 Å². The second-order valence-corrected chi connectivity index (χ2v) is 5.97. The Labute approximate surface area is 130 Å². The van der Waals surface area contributed by atoms with Gasteiger partial charge < -0.3 is 9.47 Å². The van der Waals surface area contributed by atoms with Crippen molar-refractivity contribution < 1.29 is 9.47 Å². The van der Waals surface area contributed by atoms with Gasteiger partial charge in [0.1, 0.15) is 5.75 Å². The van der Waals surface area contributed by atoms with Gasteiger partial charge in [0.2, 0.25) is 0 Å². The topological polar surface area (TPSA) is 18.5 Å². The van der Waals surface area contributed by atoms with E-state index in [1.165, 1.54) is 11.1 Å². The van der Waals surface area contributed by atoms with Crippen LogP contribution in [0.4, 0.5) is 0 Å². The van der Waals surface area contributed by atoms with Crippen LogP contribution < -0.4 is 4.74 Å². The van der Waals surface area contributed by atoms with Crippen molar-refractivity contribution in [3.05, 3.63) is 35.4 Å². The summed E-state index contributed by atoms with van der Waals surface area (Å²) in [6.45, 7) is 9.44. The first-order valence-corrected chi connectivity index (χ1v) is 8.00. The second kappa shape index (κ2) is 9.62. The van der Waals surface area contributed by atoms with Crippen LogP contribution in [0.5, 0.6) is 5.75 Å². The fraction of sp³-hybridized carbons (Fsp3) is 0.579. The maximum Gasteiger partial charge on any atom is 0.126 e. The van der Waals surface area contributed by atoms with Gasteiger partial charge >= 0.3 is 0 Å². The molecule has 0 aliphatic rings. The highest BCUT2D eigenvalue weighted by Gasteiger charge is 2.04. The summed E-state index contributed by atoms with van der Waals surface area (Å²) in [5.41, 5.74) is 2.52. The molecule has 0 bridgehead atoms. The summed E-state index contributed by atoms with van der Waals surface area (Å²) < 4.78 is 11.0.